The van der Waals surface area contributed by atoms with Gasteiger partial charge in [-0.15, -0.1) is 24.0 Å². The molecule has 0 aliphatic rings. The molecule has 0 radical (unpaired) electrons. The van der Waals surface area contributed by atoms with E-state index in [4.69, 9.17) is 16.7 Å². The van der Waals surface area contributed by atoms with Crippen LogP contribution in [0.5, 0.6) is 0 Å². The van der Waals surface area contributed by atoms with Crippen LogP contribution in [0.1, 0.15) is 23.6 Å². The maximum Gasteiger partial charge on any atom is 0.191 e. The summed E-state index contributed by atoms with van der Waals surface area (Å²) in [5.74, 6) is 0.301. The van der Waals surface area contributed by atoms with Crippen LogP contribution in [0, 0.1) is 5.82 Å². The van der Waals surface area contributed by atoms with Crippen LogP contribution < -0.4 is 10.6 Å². The van der Waals surface area contributed by atoms with Crippen molar-refractivity contribution in [2.75, 3.05) is 13.1 Å². The third-order valence-electron chi connectivity index (χ3n) is 3.66. The van der Waals surface area contributed by atoms with E-state index in [0.717, 1.165) is 30.1 Å². The van der Waals surface area contributed by atoms with Gasteiger partial charge in [-0.05, 0) is 48.7 Å². The van der Waals surface area contributed by atoms with E-state index in [0.29, 0.717) is 12.5 Å². The summed E-state index contributed by atoms with van der Waals surface area (Å²) in [6, 6.07) is 12.4. The number of rotatable bonds is 7. The molecule has 4 nitrogen and oxygen atoms in total. The Labute approximate surface area is 175 Å². The van der Waals surface area contributed by atoms with Crippen LogP contribution in [0.4, 0.5) is 4.39 Å². The first-order valence-electron chi connectivity index (χ1n) is 8.27. The van der Waals surface area contributed by atoms with Gasteiger partial charge in [0.2, 0.25) is 0 Å². The Hall–Kier alpha value is -1.38. The summed E-state index contributed by atoms with van der Waals surface area (Å²) in [6.07, 6.45) is 0.854. The number of aliphatic hydroxyl groups excluding tert-OH is 1. The average Bonchev–Trinajstić information content (AvgIpc) is 2.62. The Balaban J connectivity index is 0.00000338. The number of benzene rings is 2. The van der Waals surface area contributed by atoms with Gasteiger partial charge in [-0.2, -0.15) is 0 Å². The van der Waals surface area contributed by atoms with Crippen LogP contribution in [0.25, 0.3) is 0 Å². The van der Waals surface area contributed by atoms with Gasteiger partial charge >= 0.3 is 0 Å². The predicted octanol–water partition coefficient (Wildman–Crippen LogP) is 3.89. The van der Waals surface area contributed by atoms with Gasteiger partial charge in [-0.25, -0.2) is 9.38 Å². The number of nitrogens with one attached hydrogen (secondary N) is 2. The number of aliphatic hydroxyl groups is 1. The third-order valence-corrected chi connectivity index (χ3v) is 3.92. The molecule has 142 valence electrons. The van der Waals surface area contributed by atoms with E-state index in [1.54, 1.807) is 12.1 Å². The lowest BCUT2D eigenvalue weighted by Gasteiger charge is -2.11. The van der Waals surface area contributed by atoms with E-state index in [9.17, 15) is 4.39 Å². The minimum Gasteiger partial charge on any atom is -0.392 e. The highest BCUT2D eigenvalue weighted by Gasteiger charge is 2.03. The second kappa shape index (κ2) is 12.1. The summed E-state index contributed by atoms with van der Waals surface area (Å²) in [5.41, 5.74) is 2.33. The molecule has 26 heavy (non-hydrogen) atoms. The summed E-state index contributed by atoms with van der Waals surface area (Å²) in [6.45, 7) is 3.57. The topological polar surface area (TPSA) is 56.7 Å². The molecule has 2 aromatic carbocycles. The average molecular weight is 492 g/mol. The number of hydrogen-bond donors (Lipinski definition) is 3. The molecule has 0 saturated heterocycles. The lowest BCUT2D eigenvalue weighted by Crippen LogP contribution is -2.38. The van der Waals surface area contributed by atoms with Gasteiger partial charge in [-0.1, -0.05) is 29.8 Å². The fourth-order valence-corrected chi connectivity index (χ4v) is 2.46. The smallest absolute Gasteiger partial charge is 0.191 e. The molecule has 0 fully saturated rings. The number of guanidine groups is 1. The molecular weight excluding hydrogens is 468 g/mol. The molecule has 0 amide bonds. The third kappa shape index (κ3) is 7.47. The molecule has 3 N–H and O–H groups in total. The lowest BCUT2D eigenvalue weighted by atomic mass is 10.1. The Morgan fingerprint density at radius 1 is 1.12 bits per heavy atom. The fourth-order valence-electron chi connectivity index (χ4n) is 2.34. The molecule has 0 aromatic heterocycles. The number of hydrogen-bond acceptors (Lipinski definition) is 2. The number of halogens is 3. The Morgan fingerprint density at radius 2 is 1.81 bits per heavy atom. The van der Waals surface area contributed by atoms with Crippen LogP contribution in [-0.2, 0) is 19.6 Å². The molecule has 0 heterocycles. The maximum atomic E-state index is 13.4. The number of aliphatic imine (C=N–C) groups is 1. The van der Waals surface area contributed by atoms with E-state index in [2.05, 4.69) is 15.6 Å². The summed E-state index contributed by atoms with van der Waals surface area (Å²) in [4.78, 5) is 4.50. The molecule has 0 unspecified atom stereocenters. The van der Waals surface area contributed by atoms with E-state index in [1.807, 2.05) is 31.2 Å². The molecule has 7 heteroatoms. The van der Waals surface area contributed by atoms with Gasteiger partial charge in [0.25, 0.3) is 0 Å². The molecule has 0 aliphatic carbocycles. The van der Waals surface area contributed by atoms with Gasteiger partial charge in [-0.3, -0.25) is 0 Å². The Morgan fingerprint density at radius 3 is 2.46 bits per heavy atom. The van der Waals surface area contributed by atoms with E-state index >= 15 is 0 Å². The molecule has 2 aromatic rings. The molecular formula is C19H24ClFIN3O. The standard InChI is InChI=1S/C19H23ClFN3O.HI/c1-2-22-19(23-10-9-14-3-6-17(20)7-4-14)24-12-15-5-8-18(21)16(11-15)13-25;/h3-8,11,25H,2,9-10,12-13H2,1H3,(H2,22,23,24);1H. The SMILES string of the molecule is CCNC(=NCc1ccc(F)c(CO)c1)NCCc1ccc(Cl)cc1.I. The summed E-state index contributed by atoms with van der Waals surface area (Å²) in [5, 5.41) is 16.3. The predicted molar refractivity (Wildman–Crippen MR) is 116 cm³/mol. The van der Waals surface area contributed by atoms with Crippen molar-refractivity contribution in [3.05, 3.63) is 70.0 Å². The van der Waals surface area contributed by atoms with E-state index in [-0.39, 0.29) is 36.1 Å². The van der Waals surface area contributed by atoms with Gasteiger partial charge in [0.05, 0.1) is 13.2 Å². The molecule has 2 rings (SSSR count). The van der Waals surface area contributed by atoms with Crippen LogP contribution in [0.3, 0.4) is 0 Å². The Bertz CT molecular complexity index is 710. The molecule has 0 bridgehead atoms. The zero-order valence-electron chi connectivity index (χ0n) is 14.6. The summed E-state index contributed by atoms with van der Waals surface area (Å²) in [7, 11) is 0. The second-order valence-electron chi connectivity index (χ2n) is 5.58. The Kier molecular flexibility index (Phi) is 10.5. The largest absolute Gasteiger partial charge is 0.392 e. The second-order valence-corrected chi connectivity index (χ2v) is 6.02. The molecule has 0 saturated carbocycles. The molecule has 0 aliphatic heterocycles. The van der Waals surface area contributed by atoms with Crippen molar-refractivity contribution < 1.29 is 9.50 Å². The highest BCUT2D eigenvalue weighted by Crippen LogP contribution is 2.12. The maximum absolute atomic E-state index is 13.4. The highest BCUT2D eigenvalue weighted by atomic mass is 127. The van der Waals surface area contributed by atoms with Crippen molar-refractivity contribution in [1.29, 1.82) is 0 Å². The van der Waals surface area contributed by atoms with Gasteiger partial charge in [0, 0.05) is 23.7 Å². The first-order chi connectivity index (χ1) is 12.1. The summed E-state index contributed by atoms with van der Waals surface area (Å²) < 4.78 is 13.4. The normalized spacial score (nSPS) is 11.0. The van der Waals surface area contributed by atoms with Crippen molar-refractivity contribution in [1.82, 2.24) is 10.6 Å². The van der Waals surface area contributed by atoms with Crippen LogP contribution >= 0.6 is 35.6 Å². The lowest BCUT2D eigenvalue weighted by molar-refractivity contribution is 0.275. The van der Waals surface area contributed by atoms with Crippen molar-refractivity contribution in [2.45, 2.75) is 26.5 Å². The monoisotopic (exact) mass is 491 g/mol. The highest BCUT2D eigenvalue weighted by molar-refractivity contribution is 14.0. The van der Waals surface area contributed by atoms with Crippen molar-refractivity contribution in [2.24, 2.45) is 4.99 Å². The van der Waals surface area contributed by atoms with Crippen LogP contribution in [-0.4, -0.2) is 24.2 Å². The molecule has 0 spiro atoms. The van der Waals surface area contributed by atoms with Gasteiger partial charge in [0.15, 0.2) is 5.96 Å². The van der Waals surface area contributed by atoms with E-state index in [1.165, 1.54) is 11.6 Å². The summed E-state index contributed by atoms with van der Waals surface area (Å²) >= 11 is 5.88. The first kappa shape index (κ1) is 22.7. The minimum atomic E-state index is -0.400. The minimum absolute atomic E-state index is 0. The van der Waals surface area contributed by atoms with Crippen LogP contribution in [0.15, 0.2) is 47.5 Å². The van der Waals surface area contributed by atoms with Crippen molar-refractivity contribution >= 4 is 41.5 Å². The van der Waals surface area contributed by atoms with Gasteiger partial charge in [0.1, 0.15) is 5.82 Å². The zero-order valence-corrected chi connectivity index (χ0v) is 17.7. The molecule has 0 atom stereocenters. The van der Waals surface area contributed by atoms with Crippen molar-refractivity contribution in [3.8, 4) is 0 Å². The van der Waals surface area contributed by atoms with Crippen molar-refractivity contribution in [3.63, 3.8) is 0 Å². The quantitative estimate of drug-likeness (QED) is 0.313. The van der Waals surface area contributed by atoms with E-state index < -0.39 is 5.82 Å². The first-order valence-corrected chi connectivity index (χ1v) is 8.65. The zero-order chi connectivity index (χ0) is 18.1. The van der Waals surface area contributed by atoms with Crippen LogP contribution in [0.2, 0.25) is 5.02 Å². The fraction of sp³-hybridized carbons (Fsp3) is 0.316. The number of nitrogens with zero attached hydrogens (tertiary/aromatic N) is 1. The van der Waals surface area contributed by atoms with Gasteiger partial charge < -0.3 is 15.7 Å².